The number of hydrogen-bond donors (Lipinski definition) is 0. The van der Waals surface area contributed by atoms with E-state index in [4.69, 9.17) is 0 Å². The molecule has 0 saturated heterocycles. The van der Waals surface area contributed by atoms with Crippen LogP contribution in [0.25, 0.3) is 0 Å². The average molecular weight is 138 g/mol. The van der Waals surface area contributed by atoms with E-state index >= 15 is 0 Å². The Bertz CT molecular complexity index is 416. The SMILES string of the molecule is O=c1ccc(=O)c2sc1=2. The summed E-state index contributed by atoms with van der Waals surface area (Å²) in [5, 5.41) is 0. The first kappa shape index (κ1) is 4.88. The van der Waals surface area contributed by atoms with Crippen molar-refractivity contribution in [2.24, 2.45) is 0 Å². The standard InChI is InChI=1S/C6H2O2S/c7-3-1-2-4(8)6-5(3)9-6/h1-2H. The Balaban J connectivity index is 3.27. The molecular formula is C6H2O2S. The van der Waals surface area contributed by atoms with Crippen molar-refractivity contribution in [2.45, 2.75) is 0 Å². The summed E-state index contributed by atoms with van der Waals surface area (Å²) in [6.07, 6.45) is 0. The van der Waals surface area contributed by atoms with E-state index in [0.29, 0.717) is 9.06 Å². The van der Waals surface area contributed by atoms with Crippen molar-refractivity contribution < 1.29 is 0 Å². The van der Waals surface area contributed by atoms with Crippen molar-refractivity contribution in [3.8, 4) is 0 Å². The summed E-state index contributed by atoms with van der Waals surface area (Å²) < 4.78 is 1.28. The number of rotatable bonds is 0. The van der Waals surface area contributed by atoms with E-state index in [2.05, 4.69) is 0 Å². The molecule has 0 aromatic carbocycles. The van der Waals surface area contributed by atoms with Crippen LogP contribution in [0, 0.1) is 9.06 Å². The molecule has 0 N–H and O–H groups in total. The molecule has 0 bridgehead atoms. The van der Waals surface area contributed by atoms with Gasteiger partial charge in [0.1, 0.15) is 0 Å². The van der Waals surface area contributed by atoms with Gasteiger partial charge in [-0.3, -0.25) is 9.59 Å². The van der Waals surface area contributed by atoms with Crippen LogP contribution in [0.4, 0.5) is 0 Å². The van der Waals surface area contributed by atoms with Gasteiger partial charge >= 0.3 is 0 Å². The van der Waals surface area contributed by atoms with Crippen LogP contribution in [0.3, 0.4) is 0 Å². The minimum Gasteiger partial charge on any atom is -0.288 e. The van der Waals surface area contributed by atoms with Gasteiger partial charge in [0.2, 0.25) is 0 Å². The largest absolute Gasteiger partial charge is 0.288 e. The smallest absolute Gasteiger partial charge is 0.197 e. The van der Waals surface area contributed by atoms with Crippen LogP contribution in [0.5, 0.6) is 0 Å². The Hall–Kier alpha value is -0.960. The predicted octanol–water partition coefficient (Wildman–Crippen LogP) is 0.0689. The van der Waals surface area contributed by atoms with Crippen LogP contribution in [0.1, 0.15) is 0 Å². The van der Waals surface area contributed by atoms with Crippen molar-refractivity contribution in [2.75, 3.05) is 0 Å². The van der Waals surface area contributed by atoms with E-state index in [9.17, 15) is 9.59 Å². The topological polar surface area (TPSA) is 34.1 Å². The molecule has 0 spiro atoms. The average Bonchev–Trinajstić information content (AvgIpc) is 2.57. The molecule has 0 amide bonds. The van der Waals surface area contributed by atoms with Gasteiger partial charge in [-0.25, -0.2) is 0 Å². The molecule has 2 nitrogen and oxygen atoms in total. The predicted molar refractivity (Wildman–Crippen MR) is 34.5 cm³/mol. The maximum absolute atomic E-state index is 10.7. The monoisotopic (exact) mass is 138 g/mol. The van der Waals surface area contributed by atoms with Gasteiger partial charge in [0.25, 0.3) is 0 Å². The lowest BCUT2D eigenvalue weighted by molar-refractivity contribution is 1.52. The van der Waals surface area contributed by atoms with E-state index in [-0.39, 0.29) is 10.9 Å². The van der Waals surface area contributed by atoms with Crippen molar-refractivity contribution in [1.29, 1.82) is 0 Å². The summed E-state index contributed by atoms with van der Waals surface area (Å²) in [5.74, 6) is 0. The second-order valence-electron chi connectivity index (χ2n) is 1.82. The highest BCUT2D eigenvalue weighted by Gasteiger charge is 2.04. The molecule has 0 atom stereocenters. The second kappa shape index (κ2) is 1.30. The van der Waals surface area contributed by atoms with E-state index < -0.39 is 0 Å². The first-order valence-electron chi connectivity index (χ1n) is 2.48. The molecule has 0 unspecified atom stereocenters. The van der Waals surface area contributed by atoms with Crippen LogP contribution < -0.4 is 10.9 Å². The van der Waals surface area contributed by atoms with Crippen LogP contribution in [-0.2, 0) is 0 Å². The van der Waals surface area contributed by atoms with Gasteiger partial charge in [0, 0.05) is 0 Å². The van der Waals surface area contributed by atoms with Gasteiger partial charge in [-0.1, -0.05) is 0 Å². The maximum atomic E-state index is 10.7. The first-order chi connectivity index (χ1) is 4.29. The fraction of sp³-hybridized carbons (Fsp3) is 0. The zero-order valence-corrected chi connectivity index (χ0v) is 5.20. The summed E-state index contributed by atoms with van der Waals surface area (Å²) in [4.78, 5) is 21.3. The van der Waals surface area contributed by atoms with Crippen LogP contribution >= 0.6 is 11.3 Å². The third-order valence-electron chi connectivity index (χ3n) is 1.20. The molecule has 0 aromatic heterocycles. The minimum absolute atomic E-state index is 0.0189. The summed E-state index contributed by atoms with van der Waals surface area (Å²) in [7, 11) is 0. The van der Waals surface area contributed by atoms with Gasteiger partial charge in [-0.2, -0.15) is 0 Å². The summed E-state index contributed by atoms with van der Waals surface area (Å²) >= 11 is 1.29. The zero-order chi connectivity index (χ0) is 6.43. The Labute approximate surface area is 53.7 Å². The molecule has 2 aliphatic rings. The number of hydrogen-bond acceptors (Lipinski definition) is 3. The minimum atomic E-state index is -0.0189. The lowest BCUT2D eigenvalue weighted by Crippen LogP contribution is -2.02. The summed E-state index contributed by atoms with van der Waals surface area (Å²) in [6, 6.07) is 2.64. The first-order valence-corrected chi connectivity index (χ1v) is 3.29. The van der Waals surface area contributed by atoms with E-state index in [1.807, 2.05) is 0 Å². The van der Waals surface area contributed by atoms with Crippen LogP contribution in [0.2, 0.25) is 0 Å². The molecule has 0 aromatic rings. The quantitative estimate of drug-likeness (QED) is 0.516. The van der Waals surface area contributed by atoms with Crippen molar-refractivity contribution in [3.05, 3.63) is 41.6 Å². The van der Waals surface area contributed by atoms with Gasteiger partial charge < -0.3 is 0 Å². The van der Waals surface area contributed by atoms with Crippen molar-refractivity contribution in [1.82, 2.24) is 0 Å². The normalized spacial score (nSPS) is 11.1. The molecule has 9 heavy (non-hydrogen) atoms. The van der Waals surface area contributed by atoms with E-state index in [1.165, 1.54) is 23.5 Å². The molecule has 1 aliphatic carbocycles. The highest BCUT2D eigenvalue weighted by Crippen LogP contribution is 2.06. The lowest BCUT2D eigenvalue weighted by Gasteiger charge is -1.64. The van der Waals surface area contributed by atoms with E-state index in [1.54, 1.807) is 0 Å². The molecule has 0 radical (unpaired) electrons. The maximum Gasteiger partial charge on any atom is 0.197 e. The van der Waals surface area contributed by atoms with Gasteiger partial charge in [-0.15, -0.1) is 11.3 Å². The van der Waals surface area contributed by atoms with Crippen LogP contribution in [-0.4, -0.2) is 0 Å². The van der Waals surface area contributed by atoms with E-state index in [0.717, 1.165) is 0 Å². The fourth-order valence-electron chi connectivity index (χ4n) is 0.704. The zero-order valence-electron chi connectivity index (χ0n) is 4.38. The Kier molecular flexibility index (Phi) is 0.706. The highest BCUT2D eigenvalue weighted by atomic mass is 32.1. The Morgan fingerprint density at radius 3 is 1.89 bits per heavy atom. The Morgan fingerprint density at radius 2 is 1.44 bits per heavy atom. The molecular weight excluding hydrogens is 136 g/mol. The molecule has 0 saturated carbocycles. The molecule has 1 aliphatic heterocycles. The molecule has 2 rings (SSSR count). The van der Waals surface area contributed by atoms with Crippen molar-refractivity contribution in [3.63, 3.8) is 0 Å². The fourth-order valence-corrected chi connectivity index (χ4v) is 1.40. The molecule has 3 heteroatoms. The molecule has 44 valence electrons. The second-order valence-corrected chi connectivity index (χ2v) is 2.84. The van der Waals surface area contributed by atoms with Gasteiger partial charge in [-0.05, 0) is 12.1 Å². The third-order valence-corrected chi connectivity index (χ3v) is 2.22. The van der Waals surface area contributed by atoms with Crippen LogP contribution in [0.15, 0.2) is 21.7 Å². The third kappa shape index (κ3) is 0.549. The van der Waals surface area contributed by atoms with Gasteiger partial charge in [0.05, 0.1) is 9.06 Å². The van der Waals surface area contributed by atoms with Crippen molar-refractivity contribution >= 4 is 11.3 Å². The molecule has 0 fully saturated rings. The Morgan fingerprint density at radius 1 is 1.00 bits per heavy atom. The molecule has 1 heterocycles. The summed E-state index contributed by atoms with van der Waals surface area (Å²) in [5.41, 5.74) is -0.0378. The summed E-state index contributed by atoms with van der Waals surface area (Å²) in [6.45, 7) is 0. The lowest BCUT2D eigenvalue weighted by atomic mass is 10.4. The highest BCUT2D eigenvalue weighted by molar-refractivity contribution is 7.14. The van der Waals surface area contributed by atoms with Gasteiger partial charge in [0.15, 0.2) is 10.9 Å².